The van der Waals surface area contributed by atoms with E-state index in [1.54, 1.807) is 24.3 Å². The van der Waals surface area contributed by atoms with E-state index in [0.29, 0.717) is 6.42 Å². The molecule has 0 aliphatic carbocycles. The number of allylic oxidation sites excluding steroid dienone is 6. The first kappa shape index (κ1) is 23.9. The minimum absolute atomic E-state index is 0.0938. The standard InChI is InChI=1S/2C6H8O2.C3H8O2/c2*1-2-3-4-5-6(7)8;4-2-1-3-5/h2*2-5H,1H3,(H,7,8);4-5H,1-3H2/b2*3-2+,5-4+;. The van der Waals surface area contributed by atoms with Crippen molar-refractivity contribution in [2.45, 2.75) is 20.3 Å². The summed E-state index contributed by atoms with van der Waals surface area (Å²) in [5.41, 5.74) is 0. The molecule has 4 N–H and O–H groups in total. The van der Waals surface area contributed by atoms with Crippen molar-refractivity contribution in [3.05, 3.63) is 48.6 Å². The van der Waals surface area contributed by atoms with Crippen LogP contribution in [0.15, 0.2) is 48.6 Å². The molecular formula is C15H24O6. The van der Waals surface area contributed by atoms with Gasteiger partial charge in [-0.05, 0) is 20.3 Å². The summed E-state index contributed by atoms with van der Waals surface area (Å²) in [6.45, 7) is 3.84. The largest absolute Gasteiger partial charge is 0.478 e. The van der Waals surface area contributed by atoms with Crippen molar-refractivity contribution in [3.63, 3.8) is 0 Å². The molecule has 0 saturated heterocycles. The lowest BCUT2D eigenvalue weighted by molar-refractivity contribution is -0.132. The van der Waals surface area contributed by atoms with Gasteiger partial charge in [0.2, 0.25) is 0 Å². The average Bonchev–Trinajstić information content (AvgIpc) is 2.41. The van der Waals surface area contributed by atoms with Crippen molar-refractivity contribution in [3.8, 4) is 0 Å². The number of aliphatic carboxylic acids is 2. The van der Waals surface area contributed by atoms with Crippen LogP contribution in [0.5, 0.6) is 0 Å². The number of aliphatic hydroxyl groups is 2. The molecule has 0 aliphatic heterocycles. The Bertz CT molecular complexity index is 319. The van der Waals surface area contributed by atoms with E-state index in [1.807, 2.05) is 13.8 Å². The van der Waals surface area contributed by atoms with Crippen molar-refractivity contribution in [2.75, 3.05) is 13.2 Å². The van der Waals surface area contributed by atoms with Crippen LogP contribution < -0.4 is 0 Å². The summed E-state index contributed by atoms with van der Waals surface area (Å²) < 4.78 is 0. The number of rotatable bonds is 6. The molecule has 0 atom stereocenters. The minimum Gasteiger partial charge on any atom is -0.478 e. The Morgan fingerprint density at radius 2 is 1.10 bits per heavy atom. The van der Waals surface area contributed by atoms with Gasteiger partial charge < -0.3 is 20.4 Å². The minimum atomic E-state index is -0.914. The van der Waals surface area contributed by atoms with Crippen LogP contribution in [0.25, 0.3) is 0 Å². The Morgan fingerprint density at radius 1 is 0.762 bits per heavy atom. The molecule has 0 heterocycles. The summed E-state index contributed by atoms with van der Waals surface area (Å²) in [5.74, 6) is -1.83. The third kappa shape index (κ3) is 46.2. The highest BCUT2D eigenvalue weighted by molar-refractivity contribution is 5.80. The van der Waals surface area contributed by atoms with Crippen molar-refractivity contribution < 1.29 is 30.0 Å². The van der Waals surface area contributed by atoms with E-state index in [0.717, 1.165) is 12.2 Å². The van der Waals surface area contributed by atoms with E-state index >= 15 is 0 Å². The first-order valence-corrected chi connectivity index (χ1v) is 6.22. The zero-order valence-corrected chi connectivity index (χ0v) is 12.3. The maximum atomic E-state index is 9.75. The second kappa shape index (κ2) is 23.0. The molecule has 6 nitrogen and oxygen atoms in total. The van der Waals surface area contributed by atoms with Crippen molar-refractivity contribution in [1.82, 2.24) is 0 Å². The lowest BCUT2D eigenvalue weighted by Crippen LogP contribution is -1.85. The molecule has 0 radical (unpaired) electrons. The first-order valence-electron chi connectivity index (χ1n) is 6.22. The van der Waals surface area contributed by atoms with E-state index in [-0.39, 0.29) is 13.2 Å². The Hall–Kier alpha value is -2.18. The number of carbonyl (C=O) groups is 2. The molecule has 0 saturated carbocycles. The smallest absolute Gasteiger partial charge is 0.328 e. The van der Waals surface area contributed by atoms with Gasteiger partial charge in [0.1, 0.15) is 0 Å². The molecule has 0 bridgehead atoms. The van der Waals surface area contributed by atoms with Crippen LogP contribution in [0.4, 0.5) is 0 Å². The van der Waals surface area contributed by atoms with E-state index in [9.17, 15) is 9.59 Å². The number of hydrogen-bond acceptors (Lipinski definition) is 4. The van der Waals surface area contributed by atoms with Gasteiger partial charge in [-0.25, -0.2) is 9.59 Å². The van der Waals surface area contributed by atoms with Gasteiger partial charge in [-0.2, -0.15) is 0 Å². The summed E-state index contributed by atoms with van der Waals surface area (Å²) in [6.07, 6.45) is 12.5. The third-order valence-corrected chi connectivity index (χ3v) is 1.40. The fraction of sp³-hybridized carbons (Fsp3) is 0.333. The van der Waals surface area contributed by atoms with Crippen LogP contribution in [0.3, 0.4) is 0 Å². The zero-order chi connectivity index (χ0) is 16.9. The average molecular weight is 300 g/mol. The van der Waals surface area contributed by atoms with Crippen molar-refractivity contribution >= 4 is 11.9 Å². The predicted molar refractivity (Wildman–Crippen MR) is 82.0 cm³/mol. The fourth-order valence-corrected chi connectivity index (χ4v) is 0.569. The van der Waals surface area contributed by atoms with Crippen LogP contribution in [-0.2, 0) is 9.59 Å². The number of hydrogen-bond donors (Lipinski definition) is 4. The molecule has 0 rings (SSSR count). The Labute approximate surface area is 125 Å². The first-order chi connectivity index (χ1) is 9.95. The van der Waals surface area contributed by atoms with Gasteiger partial charge in [-0.3, -0.25) is 0 Å². The fourth-order valence-electron chi connectivity index (χ4n) is 0.569. The molecule has 6 heteroatoms. The molecule has 0 amide bonds. The molecule has 0 unspecified atom stereocenters. The lowest BCUT2D eigenvalue weighted by Gasteiger charge is -1.79. The Kier molecular flexibility index (Phi) is 26.1. The van der Waals surface area contributed by atoms with E-state index in [2.05, 4.69) is 0 Å². The number of carboxylic acids is 2. The highest BCUT2D eigenvalue weighted by Crippen LogP contribution is 1.75. The van der Waals surface area contributed by atoms with Crippen LogP contribution in [0.1, 0.15) is 20.3 Å². The molecule has 0 aromatic rings. The van der Waals surface area contributed by atoms with Crippen LogP contribution in [-0.4, -0.2) is 45.6 Å². The predicted octanol–water partition coefficient (Wildman–Crippen LogP) is 1.77. The molecule has 0 aromatic carbocycles. The van der Waals surface area contributed by atoms with E-state index in [1.165, 1.54) is 12.2 Å². The molecule has 0 spiro atoms. The molecule has 0 fully saturated rings. The van der Waals surface area contributed by atoms with Crippen LogP contribution >= 0.6 is 0 Å². The maximum absolute atomic E-state index is 9.75. The van der Waals surface area contributed by atoms with E-state index < -0.39 is 11.9 Å². The van der Waals surface area contributed by atoms with Gasteiger partial charge in [0.25, 0.3) is 0 Å². The van der Waals surface area contributed by atoms with Crippen LogP contribution in [0.2, 0.25) is 0 Å². The van der Waals surface area contributed by atoms with E-state index in [4.69, 9.17) is 20.4 Å². The highest BCUT2D eigenvalue weighted by Gasteiger charge is 1.79. The van der Waals surface area contributed by atoms with Gasteiger partial charge in [0.15, 0.2) is 0 Å². The SMILES string of the molecule is C/C=C/C=C/C(=O)O.C/C=C/C=C/C(=O)O.OCCCO. The van der Waals surface area contributed by atoms with Gasteiger partial charge in [0.05, 0.1) is 0 Å². The molecule has 21 heavy (non-hydrogen) atoms. The quantitative estimate of drug-likeness (QED) is 0.439. The molecule has 120 valence electrons. The van der Waals surface area contributed by atoms with Gasteiger partial charge in [0, 0.05) is 25.4 Å². The molecular weight excluding hydrogens is 276 g/mol. The molecule has 0 aliphatic rings. The van der Waals surface area contributed by atoms with Crippen molar-refractivity contribution in [2.24, 2.45) is 0 Å². The van der Waals surface area contributed by atoms with Gasteiger partial charge in [-0.15, -0.1) is 0 Å². The third-order valence-electron chi connectivity index (χ3n) is 1.40. The summed E-state index contributed by atoms with van der Waals surface area (Å²) in [4.78, 5) is 19.5. The molecule has 0 aromatic heterocycles. The lowest BCUT2D eigenvalue weighted by atomic mass is 10.4. The highest BCUT2D eigenvalue weighted by atomic mass is 16.4. The summed E-state index contributed by atoms with van der Waals surface area (Å²) in [5, 5.41) is 31.9. The van der Waals surface area contributed by atoms with Gasteiger partial charge in [-0.1, -0.05) is 36.5 Å². The summed E-state index contributed by atoms with van der Waals surface area (Å²) in [6, 6.07) is 0. The second-order valence-corrected chi connectivity index (χ2v) is 3.25. The second-order valence-electron chi connectivity index (χ2n) is 3.25. The van der Waals surface area contributed by atoms with Crippen molar-refractivity contribution in [1.29, 1.82) is 0 Å². The summed E-state index contributed by atoms with van der Waals surface area (Å²) in [7, 11) is 0. The normalized spacial score (nSPS) is 10.5. The summed E-state index contributed by atoms with van der Waals surface area (Å²) >= 11 is 0. The Balaban J connectivity index is -0.000000239. The van der Waals surface area contributed by atoms with Gasteiger partial charge >= 0.3 is 11.9 Å². The number of aliphatic hydroxyl groups excluding tert-OH is 2. The number of carboxylic acid groups (broad SMARTS) is 2. The maximum Gasteiger partial charge on any atom is 0.328 e. The monoisotopic (exact) mass is 300 g/mol. The topological polar surface area (TPSA) is 115 Å². The van der Waals surface area contributed by atoms with Crippen LogP contribution in [0, 0.1) is 0 Å². The Morgan fingerprint density at radius 3 is 1.24 bits per heavy atom. The zero-order valence-electron chi connectivity index (χ0n) is 12.3.